The third-order valence-corrected chi connectivity index (χ3v) is 3.03. The Hall–Kier alpha value is -1.27. The Kier molecular flexibility index (Phi) is 5.20. The number of nitrogens with one attached hydrogen (secondary N) is 1. The zero-order chi connectivity index (χ0) is 13.3. The lowest BCUT2D eigenvalue weighted by Crippen LogP contribution is -2.52. The van der Waals surface area contributed by atoms with Crippen molar-refractivity contribution in [3.8, 4) is 0 Å². The number of carbonyl (C=O) groups is 1. The Bertz CT molecular complexity index is 484. The Balaban J connectivity index is 0.00000180. The first-order valence-electron chi connectivity index (χ1n) is 5.67. The minimum absolute atomic E-state index is 0. The molecule has 0 aromatic heterocycles. The SMILES string of the molecule is CC1CNCCN1C(=O)c1ccc(F)c(F)c1F.Cl. The van der Waals surface area contributed by atoms with Crippen LogP contribution >= 0.6 is 12.4 Å². The standard InChI is InChI=1S/C12H13F3N2O.ClH/c1-7-6-16-4-5-17(7)12(18)8-2-3-9(13)11(15)10(8)14;/h2-3,7,16H,4-6H2,1H3;1H. The van der Waals surface area contributed by atoms with Gasteiger partial charge in [-0.3, -0.25) is 4.79 Å². The van der Waals surface area contributed by atoms with Crippen LogP contribution in [-0.2, 0) is 0 Å². The van der Waals surface area contributed by atoms with Crippen molar-refractivity contribution in [3.05, 3.63) is 35.1 Å². The molecule has 1 fully saturated rings. The Morgan fingerprint density at radius 3 is 2.63 bits per heavy atom. The van der Waals surface area contributed by atoms with E-state index in [4.69, 9.17) is 0 Å². The first kappa shape index (κ1) is 15.8. The first-order chi connectivity index (χ1) is 8.52. The molecule has 1 aromatic rings. The molecule has 1 aromatic carbocycles. The summed E-state index contributed by atoms with van der Waals surface area (Å²) in [5.74, 6) is -4.94. The van der Waals surface area contributed by atoms with Gasteiger partial charge in [0.25, 0.3) is 5.91 Å². The summed E-state index contributed by atoms with van der Waals surface area (Å²) in [7, 11) is 0. The van der Waals surface area contributed by atoms with Gasteiger partial charge in [0.1, 0.15) is 0 Å². The van der Waals surface area contributed by atoms with Crippen molar-refractivity contribution in [2.45, 2.75) is 13.0 Å². The van der Waals surface area contributed by atoms with E-state index in [9.17, 15) is 18.0 Å². The second-order valence-electron chi connectivity index (χ2n) is 4.27. The second kappa shape index (κ2) is 6.25. The van der Waals surface area contributed by atoms with E-state index >= 15 is 0 Å². The van der Waals surface area contributed by atoms with Crippen LogP contribution in [-0.4, -0.2) is 36.5 Å². The monoisotopic (exact) mass is 294 g/mol. The molecule has 1 N–H and O–H groups in total. The molecule has 1 aliphatic rings. The fourth-order valence-corrected chi connectivity index (χ4v) is 1.99. The van der Waals surface area contributed by atoms with Crippen LogP contribution in [0.3, 0.4) is 0 Å². The van der Waals surface area contributed by atoms with Gasteiger partial charge in [0.15, 0.2) is 17.5 Å². The summed E-state index contributed by atoms with van der Waals surface area (Å²) in [4.78, 5) is 13.5. The number of hydrogen-bond acceptors (Lipinski definition) is 2. The van der Waals surface area contributed by atoms with Crippen molar-refractivity contribution in [3.63, 3.8) is 0 Å². The molecule has 1 atom stereocenters. The van der Waals surface area contributed by atoms with Crippen LogP contribution in [0.1, 0.15) is 17.3 Å². The molecule has 1 aliphatic heterocycles. The van der Waals surface area contributed by atoms with E-state index < -0.39 is 28.9 Å². The summed E-state index contributed by atoms with van der Waals surface area (Å²) >= 11 is 0. The maximum atomic E-state index is 13.5. The van der Waals surface area contributed by atoms with Crippen molar-refractivity contribution in [2.24, 2.45) is 0 Å². The lowest BCUT2D eigenvalue weighted by Gasteiger charge is -2.34. The van der Waals surface area contributed by atoms with Crippen molar-refractivity contribution < 1.29 is 18.0 Å². The van der Waals surface area contributed by atoms with Gasteiger partial charge in [-0.25, -0.2) is 13.2 Å². The molecule has 1 amide bonds. The molecular formula is C12H14ClF3N2O. The molecule has 0 saturated carbocycles. The molecule has 0 spiro atoms. The van der Waals surface area contributed by atoms with E-state index in [0.717, 1.165) is 12.1 Å². The molecule has 0 aliphatic carbocycles. The summed E-state index contributed by atoms with van der Waals surface area (Å²) in [6, 6.07) is 1.63. The fourth-order valence-electron chi connectivity index (χ4n) is 1.99. The molecule has 1 heterocycles. The average Bonchev–Trinajstić information content (AvgIpc) is 2.36. The minimum Gasteiger partial charge on any atom is -0.333 e. The molecule has 2 rings (SSSR count). The van der Waals surface area contributed by atoms with E-state index in [1.54, 1.807) is 0 Å². The van der Waals surface area contributed by atoms with Crippen molar-refractivity contribution in [1.82, 2.24) is 10.2 Å². The number of halogens is 4. The average molecular weight is 295 g/mol. The summed E-state index contributed by atoms with van der Waals surface area (Å²) in [6.07, 6.45) is 0. The Labute approximate surface area is 115 Å². The van der Waals surface area contributed by atoms with Crippen LogP contribution in [0.2, 0.25) is 0 Å². The van der Waals surface area contributed by atoms with Crippen LogP contribution in [0, 0.1) is 17.5 Å². The predicted molar refractivity (Wildman–Crippen MR) is 66.9 cm³/mol. The molecule has 1 saturated heterocycles. The molecule has 106 valence electrons. The number of benzene rings is 1. The van der Waals surface area contributed by atoms with Crippen LogP contribution in [0.5, 0.6) is 0 Å². The van der Waals surface area contributed by atoms with Gasteiger partial charge in [-0.2, -0.15) is 0 Å². The topological polar surface area (TPSA) is 32.3 Å². The number of hydrogen-bond donors (Lipinski definition) is 1. The van der Waals surface area contributed by atoms with E-state index in [1.807, 2.05) is 6.92 Å². The van der Waals surface area contributed by atoms with Gasteiger partial charge in [-0.1, -0.05) is 0 Å². The number of nitrogens with zero attached hydrogens (tertiary/aromatic N) is 1. The highest BCUT2D eigenvalue weighted by Crippen LogP contribution is 2.18. The highest BCUT2D eigenvalue weighted by Gasteiger charge is 2.27. The minimum atomic E-state index is -1.61. The summed E-state index contributed by atoms with van der Waals surface area (Å²) in [6.45, 7) is 3.42. The van der Waals surface area contributed by atoms with Crippen molar-refractivity contribution in [2.75, 3.05) is 19.6 Å². The third kappa shape index (κ3) is 3.01. The van der Waals surface area contributed by atoms with Gasteiger partial charge < -0.3 is 10.2 Å². The fraction of sp³-hybridized carbons (Fsp3) is 0.417. The van der Waals surface area contributed by atoms with Gasteiger partial charge in [0.05, 0.1) is 5.56 Å². The molecule has 7 heteroatoms. The Morgan fingerprint density at radius 2 is 2.00 bits per heavy atom. The first-order valence-corrected chi connectivity index (χ1v) is 5.67. The molecule has 3 nitrogen and oxygen atoms in total. The number of piperazine rings is 1. The van der Waals surface area contributed by atoms with Gasteiger partial charge in [-0.05, 0) is 19.1 Å². The van der Waals surface area contributed by atoms with Gasteiger partial charge in [0, 0.05) is 25.7 Å². The van der Waals surface area contributed by atoms with Crippen LogP contribution in [0.15, 0.2) is 12.1 Å². The quantitative estimate of drug-likeness (QED) is 0.803. The van der Waals surface area contributed by atoms with E-state index in [0.29, 0.717) is 19.6 Å². The maximum absolute atomic E-state index is 13.5. The number of carbonyl (C=O) groups excluding carboxylic acids is 1. The highest BCUT2D eigenvalue weighted by atomic mass is 35.5. The zero-order valence-electron chi connectivity index (χ0n) is 10.3. The maximum Gasteiger partial charge on any atom is 0.257 e. The van der Waals surface area contributed by atoms with Crippen LogP contribution < -0.4 is 5.32 Å². The predicted octanol–water partition coefficient (Wildman–Crippen LogP) is 1.96. The van der Waals surface area contributed by atoms with Crippen molar-refractivity contribution >= 4 is 18.3 Å². The molecule has 0 bridgehead atoms. The smallest absolute Gasteiger partial charge is 0.257 e. The van der Waals surface area contributed by atoms with E-state index in [-0.39, 0.29) is 18.4 Å². The van der Waals surface area contributed by atoms with Gasteiger partial charge in [-0.15, -0.1) is 12.4 Å². The lowest BCUT2D eigenvalue weighted by atomic mass is 10.1. The number of amides is 1. The summed E-state index contributed by atoms with van der Waals surface area (Å²) < 4.78 is 39.4. The Morgan fingerprint density at radius 1 is 1.32 bits per heavy atom. The summed E-state index contributed by atoms with van der Waals surface area (Å²) in [5, 5.41) is 3.08. The third-order valence-electron chi connectivity index (χ3n) is 3.03. The summed E-state index contributed by atoms with van der Waals surface area (Å²) in [5.41, 5.74) is -0.428. The van der Waals surface area contributed by atoms with Crippen LogP contribution in [0.4, 0.5) is 13.2 Å². The van der Waals surface area contributed by atoms with E-state index in [2.05, 4.69) is 5.32 Å². The zero-order valence-corrected chi connectivity index (χ0v) is 11.1. The van der Waals surface area contributed by atoms with Gasteiger partial charge in [0.2, 0.25) is 0 Å². The molecule has 1 unspecified atom stereocenters. The second-order valence-corrected chi connectivity index (χ2v) is 4.27. The highest BCUT2D eigenvalue weighted by molar-refractivity contribution is 5.94. The molecule has 0 radical (unpaired) electrons. The van der Waals surface area contributed by atoms with E-state index in [1.165, 1.54) is 4.90 Å². The number of rotatable bonds is 1. The molecule has 19 heavy (non-hydrogen) atoms. The normalized spacial score (nSPS) is 18.9. The van der Waals surface area contributed by atoms with Gasteiger partial charge >= 0.3 is 0 Å². The van der Waals surface area contributed by atoms with Crippen LogP contribution in [0.25, 0.3) is 0 Å². The molecular weight excluding hydrogens is 281 g/mol. The van der Waals surface area contributed by atoms with Crippen molar-refractivity contribution in [1.29, 1.82) is 0 Å². The largest absolute Gasteiger partial charge is 0.333 e. The lowest BCUT2D eigenvalue weighted by molar-refractivity contribution is 0.0649.